The lowest BCUT2D eigenvalue weighted by molar-refractivity contribution is -0.117. The summed E-state index contributed by atoms with van der Waals surface area (Å²) in [5, 5.41) is 2.86. The van der Waals surface area contributed by atoms with E-state index in [1.54, 1.807) is 12.1 Å². The van der Waals surface area contributed by atoms with Crippen molar-refractivity contribution in [3.8, 4) is 11.5 Å². The molecule has 1 atom stereocenters. The topological polar surface area (TPSA) is 73.6 Å². The number of ether oxygens (including phenoxy) is 2. The van der Waals surface area contributed by atoms with Gasteiger partial charge in [0.1, 0.15) is 0 Å². The number of hydrogen-bond acceptors (Lipinski definition) is 4. The van der Waals surface area contributed by atoms with Gasteiger partial charge in [-0.15, -0.1) is 0 Å². The lowest BCUT2D eigenvalue weighted by Crippen LogP contribution is -2.20. The highest BCUT2D eigenvalue weighted by Crippen LogP contribution is 2.38. The summed E-state index contributed by atoms with van der Waals surface area (Å²) in [4.78, 5) is 12.1. The molecule has 0 saturated carbocycles. The van der Waals surface area contributed by atoms with Crippen LogP contribution < -0.4 is 20.5 Å². The van der Waals surface area contributed by atoms with Crippen molar-refractivity contribution in [2.45, 2.75) is 33.6 Å². The molecule has 1 unspecified atom stereocenters. The van der Waals surface area contributed by atoms with Gasteiger partial charge in [0.25, 0.3) is 0 Å². The third kappa shape index (κ3) is 3.15. The van der Waals surface area contributed by atoms with E-state index in [0.29, 0.717) is 41.1 Å². The molecule has 3 N–H and O–H groups in total. The van der Waals surface area contributed by atoms with Gasteiger partial charge >= 0.3 is 0 Å². The molecule has 0 saturated heterocycles. The van der Waals surface area contributed by atoms with Crippen LogP contribution in [0.2, 0.25) is 0 Å². The van der Waals surface area contributed by atoms with Crippen LogP contribution in [0, 0.1) is 11.8 Å². The molecule has 1 aliphatic rings. The van der Waals surface area contributed by atoms with Crippen molar-refractivity contribution >= 4 is 17.3 Å². The largest absolute Gasteiger partial charge is 0.454 e. The first-order valence-electron chi connectivity index (χ1n) is 7.00. The lowest BCUT2D eigenvalue weighted by Gasteiger charge is -2.18. The normalized spacial score (nSPS) is 14.4. The summed E-state index contributed by atoms with van der Waals surface area (Å²) in [6, 6.07) is 3.39. The van der Waals surface area contributed by atoms with Gasteiger partial charge < -0.3 is 20.5 Å². The van der Waals surface area contributed by atoms with Crippen LogP contribution in [0.15, 0.2) is 12.1 Å². The van der Waals surface area contributed by atoms with E-state index in [1.807, 2.05) is 0 Å². The second-order valence-electron chi connectivity index (χ2n) is 5.46. The van der Waals surface area contributed by atoms with E-state index >= 15 is 0 Å². The number of nitrogens with two attached hydrogens (primary N) is 1. The molecule has 0 radical (unpaired) electrons. The summed E-state index contributed by atoms with van der Waals surface area (Å²) in [6.07, 6.45) is 1.49. The Labute approximate surface area is 119 Å². The average molecular weight is 278 g/mol. The Morgan fingerprint density at radius 2 is 2.00 bits per heavy atom. The Hall–Kier alpha value is -1.91. The summed E-state index contributed by atoms with van der Waals surface area (Å²) in [7, 11) is 0. The van der Waals surface area contributed by atoms with Crippen LogP contribution in [0.4, 0.5) is 11.4 Å². The number of nitrogens with one attached hydrogen (secondary N) is 1. The minimum Gasteiger partial charge on any atom is -0.454 e. The molecule has 5 nitrogen and oxygen atoms in total. The van der Waals surface area contributed by atoms with E-state index in [9.17, 15) is 4.79 Å². The van der Waals surface area contributed by atoms with E-state index in [1.165, 1.54) is 0 Å². The first-order chi connectivity index (χ1) is 9.51. The number of benzene rings is 1. The van der Waals surface area contributed by atoms with Crippen LogP contribution in [-0.2, 0) is 4.79 Å². The molecule has 0 fully saturated rings. The molecule has 0 bridgehead atoms. The molecule has 2 rings (SSSR count). The summed E-state index contributed by atoms with van der Waals surface area (Å²) >= 11 is 0. The third-order valence-corrected chi connectivity index (χ3v) is 3.73. The molecule has 1 aromatic rings. The highest BCUT2D eigenvalue weighted by atomic mass is 16.7. The van der Waals surface area contributed by atoms with Gasteiger partial charge in [-0.25, -0.2) is 0 Å². The summed E-state index contributed by atoms with van der Waals surface area (Å²) < 4.78 is 10.5. The summed E-state index contributed by atoms with van der Waals surface area (Å²) in [5.41, 5.74) is 6.98. The average Bonchev–Trinajstić information content (AvgIpc) is 2.83. The SMILES string of the molecule is CCC(CC(=O)Nc1cc2c(cc1N)OCO2)C(C)C. The maximum Gasteiger partial charge on any atom is 0.231 e. The van der Waals surface area contributed by atoms with Gasteiger partial charge in [-0.1, -0.05) is 27.2 Å². The van der Waals surface area contributed by atoms with Crippen molar-refractivity contribution in [2.75, 3.05) is 17.8 Å². The summed E-state index contributed by atoms with van der Waals surface area (Å²) in [5.74, 6) is 2.08. The number of nitrogen functional groups attached to an aromatic ring is 1. The molecule has 0 aromatic heterocycles. The predicted molar refractivity (Wildman–Crippen MR) is 78.8 cm³/mol. The Balaban J connectivity index is 2.04. The fourth-order valence-corrected chi connectivity index (χ4v) is 2.36. The number of anilines is 2. The van der Waals surface area contributed by atoms with Crippen LogP contribution in [0.5, 0.6) is 11.5 Å². The zero-order chi connectivity index (χ0) is 14.7. The van der Waals surface area contributed by atoms with Crippen molar-refractivity contribution in [2.24, 2.45) is 11.8 Å². The number of fused-ring (bicyclic) bond motifs is 1. The van der Waals surface area contributed by atoms with E-state index in [2.05, 4.69) is 26.1 Å². The Kier molecular flexibility index (Phi) is 4.37. The first-order valence-corrected chi connectivity index (χ1v) is 7.00. The van der Waals surface area contributed by atoms with Gasteiger partial charge in [0.2, 0.25) is 12.7 Å². The molecule has 0 spiro atoms. The second-order valence-corrected chi connectivity index (χ2v) is 5.46. The molecule has 20 heavy (non-hydrogen) atoms. The second kappa shape index (κ2) is 6.03. The number of rotatable bonds is 5. The van der Waals surface area contributed by atoms with Gasteiger partial charge in [0, 0.05) is 18.6 Å². The van der Waals surface area contributed by atoms with Crippen molar-refractivity contribution in [1.29, 1.82) is 0 Å². The quantitative estimate of drug-likeness (QED) is 0.812. The van der Waals surface area contributed by atoms with E-state index in [-0.39, 0.29) is 12.7 Å². The fraction of sp³-hybridized carbons (Fsp3) is 0.533. The number of carbonyl (C=O) groups excluding carboxylic acids is 1. The third-order valence-electron chi connectivity index (χ3n) is 3.73. The standard InChI is InChI=1S/C15H22N2O3/c1-4-10(9(2)3)5-15(18)17-12-7-14-13(6-11(12)16)19-8-20-14/h6-7,9-10H,4-5,8,16H2,1-3H3,(H,17,18). The lowest BCUT2D eigenvalue weighted by atomic mass is 9.90. The molecule has 1 aromatic carbocycles. The van der Waals surface area contributed by atoms with E-state index < -0.39 is 0 Å². The monoisotopic (exact) mass is 278 g/mol. The molecule has 1 aliphatic heterocycles. The van der Waals surface area contributed by atoms with Crippen molar-refractivity contribution < 1.29 is 14.3 Å². The van der Waals surface area contributed by atoms with Crippen LogP contribution in [0.1, 0.15) is 33.6 Å². The Morgan fingerprint density at radius 3 is 2.60 bits per heavy atom. The zero-order valence-corrected chi connectivity index (χ0v) is 12.2. The van der Waals surface area contributed by atoms with Gasteiger partial charge in [-0.2, -0.15) is 0 Å². The molecular formula is C15H22N2O3. The smallest absolute Gasteiger partial charge is 0.231 e. The minimum atomic E-state index is -0.0175. The fourth-order valence-electron chi connectivity index (χ4n) is 2.36. The van der Waals surface area contributed by atoms with E-state index in [4.69, 9.17) is 15.2 Å². The van der Waals surface area contributed by atoms with Gasteiger partial charge in [0.05, 0.1) is 11.4 Å². The van der Waals surface area contributed by atoms with Crippen molar-refractivity contribution in [1.82, 2.24) is 0 Å². The molecule has 110 valence electrons. The molecule has 1 heterocycles. The maximum absolute atomic E-state index is 12.1. The Bertz CT molecular complexity index is 500. The van der Waals surface area contributed by atoms with Crippen molar-refractivity contribution in [3.05, 3.63) is 12.1 Å². The first kappa shape index (κ1) is 14.5. The summed E-state index contributed by atoms with van der Waals surface area (Å²) in [6.45, 7) is 6.57. The Morgan fingerprint density at radius 1 is 1.35 bits per heavy atom. The molecule has 0 aliphatic carbocycles. The van der Waals surface area contributed by atoms with Crippen LogP contribution in [0.25, 0.3) is 0 Å². The molecule has 5 heteroatoms. The molecule has 1 amide bonds. The van der Waals surface area contributed by atoms with E-state index in [0.717, 1.165) is 6.42 Å². The highest BCUT2D eigenvalue weighted by Gasteiger charge is 2.19. The zero-order valence-electron chi connectivity index (χ0n) is 12.2. The minimum absolute atomic E-state index is 0.0175. The maximum atomic E-state index is 12.1. The number of hydrogen-bond donors (Lipinski definition) is 2. The van der Waals surface area contributed by atoms with Gasteiger partial charge in [-0.05, 0) is 11.8 Å². The number of amides is 1. The van der Waals surface area contributed by atoms with Crippen LogP contribution in [-0.4, -0.2) is 12.7 Å². The highest BCUT2D eigenvalue weighted by molar-refractivity contribution is 5.94. The van der Waals surface area contributed by atoms with Crippen LogP contribution >= 0.6 is 0 Å². The van der Waals surface area contributed by atoms with Crippen molar-refractivity contribution in [3.63, 3.8) is 0 Å². The van der Waals surface area contributed by atoms with Gasteiger partial charge in [0.15, 0.2) is 11.5 Å². The number of carbonyl (C=O) groups is 1. The predicted octanol–water partition coefficient (Wildman–Crippen LogP) is 3.01. The van der Waals surface area contributed by atoms with Gasteiger partial charge in [-0.3, -0.25) is 4.79 Å². The van der Waals surface area contributed by atoms with Crippen LogP contribution in [0.3, 0.4) is 0 Å². The molecular weight excluding hydrogens is 256 g/mol.